The van der Waals surface area contributed by atoms with Gasteiger partial charge in [-0.3, -0.25) is 19.3 Å². The van der Waals surface area contributed by atoms with Gasteiger partial charge in [-0.15, -0.1) is 0 Å². The quantitative estimate of drug-likeness (QED) is 0.385. The molecule has 0 spiro atoms. The predicted molar refractivity (Wildman–Crippen MR) is 124 cm³/mol. The molecule has 4 N–H and O–H groups in total. The van der Waals surface area contributed by atoms with Gasteiger partial charge in [-0.1, -0.05) is 36.3 Å². The lowest BCUT2D eigenvalue weighted by Crippen LogP contribution is -2.52. The van der Waals surface area contributed by atoms with E-state index < -0.39 is 41.5 Å². The number of amides is 4. The van der Waals surface area contributed by atoms with Crippen LogP contribution in [0, 0.1) is 19.4 Å². The monoisotopic (exact) mass is 458 g/mol. The van der Waals surface area contributed by atoms with Gasteiger partial charge < -0.3 is 21.1 Å². The fraction of sp³-hybridized carbons (Fsp3) is 0.500. The maximum Gasteiger partial charge on any atom is 0.408 e. The van der Waals surface area contributed by atoms with E-state index in [1.807, 2.05) is 6.92 Å². The molecule has 0 bridgehead atoms. The first-order valence-electron chi connectivity index (χ1n) is 10.7. The van der Waals surface area contributed by atoms with Crippen molar-refractivity contribution in [2.75, 3.05) is 0 Å². The molecule has 2 unspecified atom stereocenters. The van der Waals surface area contributed by atoms with Gasteiger partial charge >= 0.3 is 6.09 Å². The molecule has 0 saturated heterocycles. The molecular formula is C24H34N4O5. The molecular weight excluding hydrogens is 424 g/mol. The van der Waals surface area contributed by atoms with Crippen LogP contribution in [-0.2, 0) is 19.1 Å². The number of nitrogens with one attached hydrogen (secondary N) is 2. The van der Waals surface area contributed by atoms with Crippen LogP contribution in [0.3, 0.4) is 0 Å². The number of hydrogen-bond acceptors (Lipinski definition) is 5. The molecule has 1 rings (SSSR count). The number of terminal acetylenes is 1. The van der Waals surface area contributed by atoms with Gasteiger partial charge in [0, 0.05) is 18.5 Å². The summed E-state index contributed by atoms with van der Waals surface area (Å²) in [6.07, 6.45) is 4.52. The zero-order chi connectivity index (χ0) is 25.3. The molecule has 2 atom stereocenters. The summed E-state index contributed by atoms with van der Waals surface area (Å²) >= 11 is 0. The first kappa shape index (κ1) is 27.5. The van der Waals surface area contributed by atoms with Gasteiger partial charge in [0.25, 0.3) is 5.91 Å². The summed E-state index contributed by atoms with van der Waals surface area (Å²) in [5.41, 5.74) is 5.89. The van der Waals surface area contributed by atoms with Crippen LogP contribution in [0.25, 0.3) is 0 Å². The third-order valence-electron chi connectivity index (χ3n) is 4.38. The second-order valence-electron chi connectivity index (χ2n) is 9.02. The van der Waals surface area contributed by atoms with Crippen LogP contribution in [0.4, 0.5) is 4.79 Å². The topological polar surface area (TPSA) is 131 Å². The first-order chi connectivity index (χ1) is 15.2. The van der Waals surface area contributed by atoms with Crippen LogP contribution in [0.15, 0.2) is 24.3 Å². The van der Waals surface area contributed by atoms with Crippen LogP contribution < -0.4 is 16.4 Å². The largest absolute Gasteiger partial charge is 0.444 e. The summed E-state index contributed by atoms with van der Waals surface area (Å²) in [6.45, 7) is 10.5. The highest BCUT2D eigenvalue weighted by Gasteiger charge is 2.36. The van der Waals surface area contributed by atoms with E-state index in [9.17, 15) is 19.2 Å². The van der Waals surface area contributed by atoms with E-state index in [1.54, 1.807) is 58.9 Å². The Bertz CT molecular complexity index is 897. The smallest absolute Gasteiger partial charge is 0.408 e. The van der Waals surface area contributed by atoms with Gasteiger partial charge in [0.1, 0.15) is 17.7 Å². The highest BCUT2D eigenvalue weighted by atomic mass is 16.6. The fourth-order valence-electron chi connectivity index (χ4n) is 2.96. The third kappa shape index (κ3) is 9.23. The van der Waals surface area contributed by atoms with Gasteiger partial charge in [-0.25, -0.2) is 4.79 Å². The van der Waals surface area contributed by atoms with Crippen LogP contribution in [0.1, 0.15) is 64.6 Å². The summed E-state index contributed by atoms with van der Waals surface area (Å²) in [6, 6.07) is 6.70. The predicted octanol–water partition coefficient (Wildman–Crippen LogP) is 2.14. The Morgan fingerprint density at radius 1 is 1.12 bits per heavy atom. The Balaban J connectivity index is 3.34. The SMILES string of the molecule is C#CN(C(=O)C(CCC(N)=O)NC(=O)OC(C)(C)C)C(C(=O)NC(C)C)c1ccc(C)cc1. The van der Waals surface area contributed by atoms with Gasteiger partial charge in [0.15, 0.2) is 0 Å². The molecule has 0 saturated carbocycles. The zero-order valence-corrected chi connectivity index (χ0v) is 20.1. The maximum absolute atomic E-state index is 13.4. The Hall–Kier alpha value is -3.54. The van der Waals surface area contributed by atoms with E-state index in [1.165, 1.54) is 0 Å². The average molecular weight is 459 g/mol. The van der Waals surface area contributed by atoms with Gasteiger partial charge in [0.2, 0.25) is 11.8 Å². The standard InChI is InChI=1S/C24H34N4O5/c1-8-28(20(21(30)26-15(2)3)17-11-9-16(4)10-12-17)22(31)18(13-14-19(25)29)27-23(32)33-24(5,6)7/h1,9-12,15,18,20H,13-14H2,2-7H3,(H2,25,29)(H,26,30)(H,27,32). The van der Waals surface area contributed by atoms with Crippen molar-refractivity contribution in [1.29, 1.82) is 0 Å². The minimum Gasteiger partial charge on any atom is -0.444 e. The lowest BCUT2D eigenvalue weighted by Gasteiger charge is -2.30. The summed E-state index contributed by atoms with van der Waals surface area (Å²) < 4.78 is 5.23. The molecule has 0 fully saturated rings. The molecule has 4 amide bonds. The number of nitrogens with zero attached hydrogens (tertiary/aromatic N) is 1. The minimum atomic E-state index is -1.23. The highest BCUT2D eigenvalue weighted by molar-refractivity contribution is 5.93. The van der Waals surface area contributed by atoms with Crippen molar-refractivity contribution in [3.05, 3.63) is 35.4 Å². The third-order valence-corrected chi connectivity index (χ3v) is 4.38. The van der Waals surface area contributed by atoms with Gasteiger partial charge in [0.05, 0.1) is 0 Å². The van der Waals surface area contributed by atoms with Crippen LogP contribution >= 0.6 is 0 Å². The van der Waals surface area contributed by atoms with Crippen molar-refractivity contribution in [2.24, 2.45) is 5.73 Å². The molecule has 0 aliphatic heterocycles. The van der Waals surface area contributed by atoms with Crippen LogP contribution in [0.5, 0.6) is 0 Å². The number of nitrogens with two attached hydrogens (primary N) is 1. The molecule has 0 heterocycles. The van der Waals surface area contributed by atoms with E-state index >= 15 is 0 Å². The average Bonchev–Trinajstić information content (AvgIpc) is 2.67. The second-order valence-corrected chi connectivity index (χ2v) is 9.02. The molecule has 9 nitrogen and oxygen atoms in total. The van der Waals surface area contributed by atoms with Gasteiger partial charge in [-0.05, 0) is 53.5 Å². The van der Waals surface area contributed by atoms with Crippen molar-refractivity contribution in [3.63, 3.8) is 0 Å². The molecule has 0 aliphatic rings. The van der Waals surface area contributed by atoms with Crippen LogP contribution in [-0.4, -0.2) is 46.4 Å². The summed E-state index contributed by atoms with van der Waals surface area (Å²) in [5, 5.41) is 5.22. The number of ether oxygens (including phenoxy) is 1. The van der Waals surface area contributed by atoms with Crippen molar-refractivity contribution < 1.29 is 23.9 Å². The molecule has 1 aromatic rings. The zero-order valence-electron chi connectivity index (χ0n) is 20.1. The van der Waals surface area contributed by atoms with E-state index in [-0.39, 0.29) is 18.9 Å². The van der Waals surface area contributed by atoms with Crippen molar-refractivity contribution in [1.82, 2.24) is 15.5 Å². The maximum atomic E-state index is 13.4. The Labute approximate surface area is 195 Å². The highest BCUT2D eigenvalue weighted by Crippen LogP contribution is 2.23. The number of rotatable bonds is 9. The molecule has 0 radical (unpaired) electrons. The number of benzene rings is 1. The van der Waals surface area contributed by atoms with E-state index in [4.69, 9.17) is 16.9 Å². The Kier molecular flexibility index (Phi) is 9.92. The number of carbonyl (C=O) groups excluding carboxylic acids is 4. The second kappa shape index (κ2) is 11.9. The molecule has 0 aliphatic carbocycles. The molecule has 33 heavy (non-hydrogen) atoms. The summed E-state index contributed by atoms with van der Waals surface area (Å²) in [5.74, 6) is -1.88. The lowest BCUT2D eigenvalue weighted by atomic mass is 10.0. The van der Waals surface area contributed by atoms with Crippen molar-refractivity contribution in [2.45, 2.75) is 78.1 Å². The molecule has 1 aromatic carbocycles. The molecule has 9 heteroatoms. The van der Waals surface area contributed by atoms with E-state index in [2.05, 4.69) is 16.7 Å². The van der Waals surface area contributed by atoms with E-state index in [0.717, 1.165) is 10.5 Å². The minimum absolute atomic E-state index is 0.113. The van der Waals surface area contributed by atoms with Crippen molar-refractivity contribution >= 4 is 23.8 Å². The first-order valence-corrected chi connectivity index (χ1v) is 10.7. The number of alkyl carbamates (subject to hydrolysis) is 1. The molecule has 0 aromatic heterocycles. The van der Waals surface area contributed by atoms with Crippen LogP contribution in [0.2, 0.25) is 0 Å². The van der Waals surface area contributed by atoms with Crippen molar-refractivity contribution in [3.8, 4) is 12.5 Å². The summed E-state index contributed by atoms with van der Waals surface area (Å²) in [4.78, 5) is 51.1. The number of primary amides is 1. The number of aryl methyl sites for hydroxylation is 1. The Morgan fingerprint density at radius 3 is 2.15 bits per heavy atom. The lowest BCUT2D eigenvalue weighted by molar-refractivity contribution is -0.139. The number of hydrogen-bond donors (Lipinski definition) is 3. The number of carbonyl (C=O) groups is 4. The van der Waals surface area contributed by atoms with E-state index in [0.29, 0.717) is 5.56 Å². The summed E-state index contributed by atoms with van der Waals surface area (Å²) in [7, 11) is 0. The molecule has 180 valence electrons. The Morgan fingerprint density at radius 2 is 1.70 bits per heavy atom. The van der Waals surface area contributed by atoms with Gasteiger partial charge in [-0.2, -0.15) is 0 Å². The fourth-order valence-corrected chi connectivity index (χ4v) is 2.96. The normalized spacial score (nSPS) is 12.8.